The molecule has 0 atom stereocenters. The molecule has 0 radical (unpaired) electrons. The van der Waals surface area contributed by atoms with Crippen molar-refractivity contribution in [3.05, 3.63) is 67.6 Å². The van der Waals surface area contributed by atoms with Crippen LogP contribution in [-0.4, -0.2) is 0 Å². The van der Waals surface area contributed by atoms with Crippen molar-refractivity contribution >= 4 is 11.4 Å². The zero-order valence-electron chi connectivity index (χ0n) is 8.81. The molecule has 0 saturated heterocycles. The fourth-order valence-corrected chi connectivity index (χ4v) is 1.34. The second kappa shape index (κ2) is 4.13. The Morgan fingerprint density at radius 3 is 2.18 bits per heavy atom. The summed E-state index contributed by atoms with van der Waals surface area (Å²) in [5.41, 5.74) is 5.62. The van der Waals surface area contributed by atoms with Crippen molar-refractivity contribution in [3.63, 3.8) is 0 Å². The molecule has 17 heavy (non-hydrogen) atoms. The van der Waals surface area contributed by atoms with Gasteiger partial charge in [0.15, 0.2) is 0 Å². The molecule has 0 spiro atoms. The number of nitrogen functional groups attached to an aromatic ring is 1. The summed E-state index contributed by atoms with van der Waals surface area (Å²) in [6, 6.07) is 8.70. The SMILES string of the molecule is N=c1c(=O)ccc(=O)c1=Nc1ccc(N)cc1. The van der Waals surface area contributed by atoms with Gasteiger partial charge in [0.25, 0.3) is 0 Å². The highest BCUT2D eigenvalue weighted by atomic mass is 16.1. The van der Waals surface area contributed by atoms with E-state index < -0.39 is 10.9 Å². The maximum Gasteiger partial charge on any atom is 0.206 e. The van der Waals surface area contributed by atoms with Gasteiger partial charge in [0, 0.05) is 5.69 Å². The third kappa shape index (κ3) is 2.17. The summed E-state index contributed by atoms with van der Waals surface area (Å²) in [7, 11) is 0. The highest BCUT2D eigenvalue weighted by molar-refractivity contribution is 5.47. The van der Waals surface area contributed by atoms with Gasteiger partial charge < -0.3 is 5.73 Å². The van der Waals surface area contributed by atoms with Crippen LogP contribution in [0.15, 0.2) is 51.0 Å². The highest BCUT2D eigenvalue weighted by Crippen LogP contribution is 2.12. The third-order valence-electron chi connectivity index (χ3n) is 2.24. The molecule has 0 saturated carbocycles. The lowest BCUT2D eigenvalue weighted by Crippen LogP contribution is -2.46. The Morgan fingerprint density at radius 1 is 0.941 bits per heavy atom. The molecule has 0 amide bonds. The summed E-state index contributed by atoms with van der Waals surface area (Å²) in [4.78, 5) is 26.7. The lowest BCUT2D eigenvalue weighted by atomic mass is 10.3. The molecule has 0 aliphatic carbocycles. The Hall–Kier alpha value is -2.56. The van der Waals surface area contributed by atoms with Gasteiger partial charge in [-0.2, -0.15) is 0 Å². The molecule has 0 aromatic heterocycles. The maximum atomic E-state index is 11.5. The molecule has 5 heteroatoms. The monoisotopic (exact) mass is 227 g/mol. The van der Waals surface area contributed by atoms with Crippen LogP contribution in [-0.2, 0) is 0 Å². The van der Waals surface area contributed by atoms with E-state index in [4.69, 9.17) is 11.1 Å². The smallest absolute Gasteiger partial charge is 0.206 e. The van der Waals surface area contributed by atoms with Gasteiger partial charge in [0.05, 0.1) is 5.69 Å². The number of nitrogens with one attached hydrogen (secondary N) is 1. The predicted octanol–water partition coefficient (Wildman–Crippen LogP) is -0.423. The molecule has 0 aliphatic heterocycles. The topological polar surface area (TPSA) is 96.4 Å². The van der Waals surface area contributed by atoms with Crippen molar-refractivity contribution in [3.8, 4) is 0 Å². The zero-order valence-corrected chi connectivity index (χ0v) is 8.81. The van der Waals surface area contributed by atoms with E-state index in [-0.39, 0.29) is 10.7 Å². The van der Waals surface area contributed by atoms with Gasteiger partial charge in [0.2, 0.25) is 10.9 Å². The first kappa shape index (κ1) is 10.9. The Kier molecular flexibility index (Phi) is 2.66. The minimum atomic E-state index is -0.515. The lowest BCUT2D eigenvalue weighted by molar-refractivity contribution is 1.12. The largest absolute Gasteiger partial charge is 0.399 e. The maximum absolute atomic E-state index is 11.5. The molecule has 0 heterocycles. The van der Waals surface area contributed by atoms with Crippen molar-refractivity contribution in [2.24, 2.45) is 4.99 Å². The van der Waals surface area contributed by atoms with Gasteiger partial charge in [-0.05, 0) is 36.4 Å². The normalized spacial score (nSPS) is 11.6. The number of rotatable bonds is 1. The van der Waals surface area contributed by atoms with E-state index in [1.165, 1.54) is 0 Å². The predicted molar refractivity (Wildman–Crippen MR) is 63.3 cm³/mol. The van der Waals surface area contributed by atoms with E-state index in [1.54, 1.807) is 24.3 Å². The molecular formula is C12H9N3O2. The summed E-state index contributed by atoms with van der Waals surface area (Å²) in [6.07, 6.45) is 0. The van der Waals surface area contributed by atoms with E-state index in [2.05, 4.69) is 4.99 Å². The Labute approximate surface area is 95.7 Å². The van der Waals surface area contributed by atoms with Gasteiger partial charge in [-0.15, -0.1) is 0 Å². The van der Waals surface area contributed by atoms with Crippen LogP contribution >= 0.6 is 0 Å². The van der Waals surface area contributed by atoms with E-state index in [0.29, 0.717) is 11.4 Å². The molecule has 3 N–H and O–H groups in total. The summed E-state index contributed by atoms with van der Waals surface area (Å²) in [5, 5.41) is 6.98. The fourth-order valence-electron chi connectivity index (χ4n) is 1.34. The molecule has 2 rings (SSSR count). The Bertz CT molecular complexity index is 754. The van der Waals surface area contributed by atoms with Crippen LogP contribution in [0.3, 0.4) is 0 Å². The van der Waals surface area contributed by atoms with Crippen molar-refractivity contribution in [2.75, 3.05) is 5.73 Å². The first-order chi connectivity index (χ1) is 8.08. The summed E-state index contributed by atoms with van der Waals surface area (Å²) in [5.74, 6) is 0. The van der Waals surface area contributed by atoms with E-state index in [0.717, 1.165) is 12.1 Å². The highest BCUT2D eigenvalue weighted by Gasteiger charge is 1.98. The van der Waals surface area contributed by atoms with Crippen molar-refractivity contribution in [1.82, 2.24) is 0 Å². The van der Waals surface area contributed by atoms with Gasteiger partial charge in [-0.1, -0.05) is 0 Å². The molecule has 2 aromatic rings. The van der Waals surface area contributed by atoms with Crippen molar-refractivity contribution in [2.45, 2.75) is 0 Å². The zero-order chi connectivity index (χ0) is 12.4. The van der Waals surface area contributed by atoms with Crippen LogP contribution in [0, 0.1) is 5.41 Å². The molecule has 0 bridgehead atoms. The van der Waals surface area contributed by atoms with Crippen LogP contribution in [0.1, 0.15) is 0 Å². The first-order valence-electron chi connectivity index (χ1n) is 4.88. The second-order valence-corrected chi connectivity index (χ2v) is 3.49. The van der Waals surface area contributed by atoms with Crippen LogP contribution in [0.5, 0.6) is 0 Å². The van der Waals surface area contributed by atoms with E-state index in [9.17, 15) is 9.59 Å². The average molecular weight is 227 g/mol. The molecule has 2 aromatic carbocycles. The number of hydrogen-bond donors (Lipinski definition) is 2. The van der Waals surface area contributed by atoms with Gasteiger partial charge in [0.1, 0.15) is 10.7 Å². The number of anilines is 1. The Balaban J connectivity index is 2.74. The van der Waals surface area contributed by atoms with Crippen LogP contribution < -0.4 is 27.3 Å². The van der Waals surface area contributed by atoms with Gasteiger partial charge in [-0.3, -0.25) is 15.0 Å². The minimum Gasteiger partial charge on any atom is -0.399 e. The van der Waals surface area contributed by atoms with Gasteiger partial charge in [-0.25, -0.2) is 4.99 Å². The van der Waals surface area contributed by atoms with Crippen molar-refractivity contribution < 1.29 is 0 Å². The Morgan fingerprint density at radius 2 is 1.53 bits per heavy atom. The minimum absolute atomic E-state index is 0.137. The second-order valence-electron chi connectivity index (χ2n) is 3.49. The molecule has 0 aliphatic rings. The number of benzene rings is 2. The quantitative estimate of drug-likeness (QED) is 0.647. The van der Waals surface area contributed by atoms with Crippen LogP contribution in [0.25, 0.3) is 0 Å². The average Bonchev–Trinajstić information content (AvgIpc) is 2.32. The van der Waals surface area contributed by atoms with Crippen LogP contribution in [0.2, 0.25) is 0 Å². The van der Waals surface area contributed by atoms with E-state index >= 15 is 0 Å². The molecule has 0 unspecified atom stereocenters. The number of nitrogens with two attached hydrogens (primary N) is 1. The molecule has 5 nitrogen and oxygen atoms in total. The first-order valence-corrected chi connectivity index (χ1v) is 4.88. The lowest BCUT2D eigenvalue weighted by Gasteiger charge is -1.93. The fraction of sp³-hybridized carbons (Fsp3) is 0. The van der Waals surface area contributed by atoms with E-state index in [1.807, 2.05) is 0 Å². The molecular weight excluding hydrogens is 218 g/mol. The molecule has 84 valence electrons. The summed E-state index contributed by atoms with van der Waals surface area (Å²) in [6.45, 7) is 0. The standard InChI is InChI=1S/C12H9N3O2/c13-7-1-3-8(4-2-7)15-12-10(17)6-5-9(16)11(12)14/h1-6,14H,13H2. The van der Waals surface area contributed by atoms with Crippen LogP contribution in [0.4, 0.5) is 11.4 Å². The van der Waals surface area contributed by atoms with Gasteiger partial charge >= 0.3 is 0 Å². The third-order valence-corrected chi connectivity index (χ3v) is 2.24. The summed E-state index contributed by atoms with van der Waals surface area (Å²) < 4.78 is 0. The summed E-state index contributed by atoms with van der Waals surface area (Å²) >= 11 is 0. The number of nitrogens with zero attached hydrogens (tertiary/aromatic N) is 1. The van der Waals surface area contributed by atoms with Crippen molar-refractivity contribution in [1.29, 1.82) is 5.41 Å². The number of hydrogen-bond acceptors (Lipinski definition) is 5. The molecule has 0 fully saturated rings.